The molecule has 0 aliphatic carbocycles. The molecule has 0 aliphatic rings. The lowest BCUT2D eigenvalue weighted by molar-refractivity contribution is -0.127. The van der Waals surface area contributed by atoms with Crippen molar-refractivity contribution in [2.75, 3.05) is 72.5 Å². The number of carbonyl (C=O) groups excluding carboxylic acids is 1. The van der Waals surface area contributed by atoms with Crippen LogP contribution in [0.4, 0.5) is 0 Å². The van der Waals surface area contributed by atoms with Gasteiger partial charge in [0.25, 0.3) is 0 Å². The third kappa shape index (κ3) is 30.1. The number of rotatable bonds is 18. The molecular formula is C21H43N7O5. The van der Waals surface area contributed by atoms with Crippen LogP contribution in [-0.4, -0.2) is 83.8 Å². The van der Waals surface area contributed by atoms with Gasteiger partial charge < -0.3 is 24.3 Å². The fourth-order valence-corrected chi connectivity index (χ4v) is 1.98. The van der Waals surface area contributed by atoms with Gasteiger partial charge in [0.15, 0.2) is 0 Å². The number of Topliss-reactive ketones (excluding diaryl/α,β-unsaturated/α-hetero) is 1. The van der Waals surface area contributed by atoms with Crippen LogP contribution in [0.2, 0.25) is 0 Å². The van der Waals surface area contributed by atoms with Crippen LogP contribution >= 0.6 is 0 Å². The van der Waals surface area contributed by atoms with Gasteiger partial charge in [0.1, 0.15) is 5.78 Å². The normalized spacial score (nSPS) is 11.1. The zero-order valence-electron chi connectivity index (χ0n) is 21.2. The molecule has 0 bridgehead atoms. The maximum atomic E-state index is 11.5. The Kier molecular flexibility index (Phi) is 22.1. The van der Waals surface area contributed by atoms with Gasteiger partial charge in [-0.2, -0.15) is 0 Å². The summed E-state index contributed by atoms with van der Waals surface area (Å²) in [6.45, 7) is 17.6. The molecular weight excluding hydrogens is 430 g/mol. The molecule has 0 spiro atoms. The number of hydrogen-bond donors (Lipinski definition) is 1. The standard InChI is InChI=1S/C11H21N3O3.C10H22N4O2/c1-11(2,3)10(15)4-6-16-8-9-17-7-5-13-14-12;1-10(2,3)12-4-6-15-8-9-16-7-5-13-14-11/h4-9H2,1-3H3;12H,4-9H2,1-3H3. The third-order valence-corrected chi connectivity index (χ3v) is 3.75. The van der Waals surface area contributed by atoms with E-state index in [2.05, 4.69) is 46.1 Å². The fraction of sp³-hybridized carbons (Fsp3) is 0.952. The topological polar surface area (TPSA) is 164 Å². The van der Waals surface area contributed by atoms with E-state index in [0.717, 1.165) is 6.54 Å². The van der Waals surface area contributed by atoms with E-state index in [4.69, 9.17) is 30.0 Å². The molecule has 192 valence electrons. The highest BCUT2D eigenvalue weighted by molar-refractivity contribution is 5.83. The SMILES string of the molecule is CC(C)(C)C(=O)CCOCCOCCN=[N+]=[N-].CC(C)(C)NCCOCCOCCN=[N+]=[N-]. The van der Waals surface area contributed by atoms with E-state index >= 15 is 0 Å². The Balaban J connectivity index is 0. The van der Waals surface area contributed by atoms with Crippen molar-refractivity contribution in [2.24, 2.45) is 15.6 Å². The summed E-state index contributed by atoms with van der Waals surface area (Å²) in [6, 6.07) is 0. The van der Waals surface area contributed by atoms with E-state index in [9.17, 15) is 4.79 Å². The van der Waals surface area contributed by atoms with Gasteiger partial charge in [-0.15, -0.1) is 0 Å². The molecule has 0 saturated carbocycles. The van der Waals surface area contributed by atoms with E-state index < -0.39 is 0 Å². The number of azide groups is 2. The molecule has 0 radical (unpaired) electrons. The monoisotopic (exact) mass is 473 g/mol. The van der Waals surface area contributed by atoms with E-state index in [0.29, 0.717) is 72.4 Å². The minimum atomic E-state index is -0.296. The van der Waals surface area contributed by atoms with Crippen LogP contribution in [0, 0.1) is 5.41 Å². The predicted molar refractivity (Wildman–Crippen MR) is 128 cm³/mol. The molecule has 0 fully saturated rings. The van der Waals surface area contributed by atoms with Gasteiger partial charge >= 0.3 is 0 Å². The molecule has 0 heterocycles. The van der Waals surface area contributed by atoms with Crippen LogP contribution in [0.15, 0.2) is 10.2 Å². The van der Waals surface area contributed by atoms with E-state index in [1.807, 2.05) is 20.8 Å². The highest BCUT2D eigenvalue weighted by atomic mass is 16.5. The van der Waals surface area contributed by atoms with Crippen molar-refractivity contribution in [3.05, 3.63) is 20.9 Å². The first-order valence-corrected chi connectivity index (χ1v) is 11.2. The first-order chi connectivity index (χ1) is 15.5. The maximum Gasteiger partial charge on any atom is 0.140 e. The van der Waals surface area contributed by atoms with Crippen molar-refractivity contribution in [3.8, 4) is 0 Å². The summed E-state index contributed by atoms with van der Waals surface area (Å²) < 4.78 is 20.9. The Bertz CT molecular complexity index is 579. The fourth-order valence-electron chi connectivity index (χ4n) is 1.98. The second-order valence-corrected chi connectivity index (χ2v) is 8.96. The smallest absolute Gasteiger partial charge is 0.140 e. The second kappa shape index (κ2) is 21.9. The highest BCUT2D eigenvalue weighted by Crippen LogP contribution is 2.16. The van der Waals surface area contributed by atoms with Crippen molar-refractivity contribution in [3.63, 3.8) is 0 Å². The summed E-state index contributed by atoms with van der Waals surface area (Å²) in [5.41, 5.74) is 15.8. The molecule has 0 saturated heterocycles. The summed E-state index contributed by atoms with van der Waals surface area (Å²) in [6.07, 6.45) is 0.433. The summed E-state index contributed by atoms with van der Waals surface area (Å²) in [4.78, 5) is 16.7. The molecule has 33 heavy (non-hydrogen) atoms. The van der Waals surface area contributed by atoms with Gasteiger partial charge in [0, 0.05) is 46.8 Å². The molecule has 12 heteroatoms. The van der Waals surface area contributed by atoms with Gasteiger partial charge in [-0.3, -0.25) is 4.79 Å². The van der Waals surface area contributed by atoms with Crippen LogP contribution in [0.25, 0.3) is 20.9 Å². The third-order valence-electron chi connectivity index (χ3n) is 3.75. The number of nitrogens with one attached hydrogen (secondary N) is 1. The lowest BCUT2D eigenvalue weighted by Gasteiger charge is -2.20. The zero-order chi connectivity index (χ0) is 25.4. The first-order valence-electron chi connectivity index (χ1n) is 11.2. The Morgan fingerprint density at radius 3 is 1.55 bits per heavy atom. The molecule has 0 atom stereocenters. The van der Waals surface area contributed by atoms with Crippen LogP contribution in [0.1, 0.15) is 48.0 Å². The lowest BCUT2D eigenvalue weighted by atomic mass is 9.89. The molecule has 0 aromatic carbocycles. The number of ether oxygens (including phenoxy) is 4. The molecule has 12 nitrogen and oxygen atoms in total. The molecule has 0 amide bonds. The van der Waals surface area contributed by atoms with E-state index in [1.165, 1.54) is 0 Å². The van der Waals surface area contributed by atoms with Crippen LogP contribution in [0.5, 0.6) is 0 Å². The minimum absolute atomic E-state index is 0.134. The van der Waals surface area contributed by atoms with Gasteiger partial charge in [0.05, 0.1) is 52.9 Å². The van der Waals surface area contributed by atoms with Crippen molar-refractivity contribution < 1.29 is 23.7 Å². The Hall–Kier alpha value is -1.91. The van der Waals surface area contributed by atoms with Crippen molar-refractivity contribution >= 4 is 5.78 Å². The van der Waals surface area contributed by atoms with Gasteiger partial charge in [-0.1, -0.05) is 31.0 Å². The summed E-state index contributed by atoms with van der Waals surface area (Å²) in [5.74, 6) is 0.196. The Labute approximate surface area is 197 Å². The quantitative estimate of drug-likeness (QED) is 0.136. The molecule has 0 aromatic heterocycles. The summed E-state index contributed by atoms with van der Waals surface area (Å²) >= 11 is 0. The van der Waals surface area contributed by atoms with E-state index in [-0.39, 0.29) is 16.7 Å². The van der Waals surface area contributed by atoms with Crippen LogP contribution < -0.4 is 5.32 Å². The zero-order valence-corrected chi connectivity index (χ0v) is 21.2. The Morgan fingerprint density at radius 2 is 1.15 bits per heavy atom. The minimum Gasteiger partial charge on any atom is -0.379 e. The van der Waals surface area contributed by atoms with E-state index in [1.54, 1.807) is 0 Å². The lowest BCUT2D eigenvalue weighted by Crippen LogP contribution is -2.38. The predicted octanol–water partition coefficient (Wildman–Crippen LogP) is 4.05. The van der Waals surface area contributed by atoms with Crippen LogP contribution in [0.3, 0.4) is 0 Å². The number of hydrogen-bond acceptors (Lipinski definition) is 8. The molecule has 1 N–H and O–H groups in total. The first kappa shape index (κ1) is 33.3. The Morgan fingerprint density at radius 1 is 0.727 bits per heavy atom. The summed E-state index contributed by atoms with van der Waals surface area (Å²) in [7, 11) is 0. The van der Waals surface area contributed by atoms with Gasteiger partial charge in [-0.25, -0.2) is 0 Å². The second-order valence-electron chi connectivity index (χ2n) is 8.96. The van der Waals surface area contributed by atoms with Crippen LogP contribution in [-0.2, 0) is 23.7 Å². The molecule has 0 aliphatic heterocycles. The van der Waals surface area contributed by atoms with Crippen molar-refractivity contribution in [1.29, 1.82) is 0 Å². The molecule has 0 aromatic rings. The van der Waals surface area contributed by atoms with Gasteiger partial charge in [0.2, 0.25) is 0 Å². The molecule has 0 rings (SSSR count). The average molecular weight is 474 g/mol. The maximum absolute atomic E-state index is 11.5. The molecule has 0 unspecified atom stereocenters. The average Bonchev–Trinajstić information content (AvgIpc) is 2.73. The number of ketones is 1. The van der Waals surface area contributed by atoms with Gasteiger partial charge in [-0.05, 0) is 31.8 Å². The number of carbonyl (C=O) groups is 1. The largest absolute Gasteiger partial charge is 0.379 e. The van der Waals surface area contributed by atoms with Crippen molar-refractivity contribution in [2.45, 2.75) is 53.5 Å². The van der Waals surface area contributed by atoms with Crippen molar-refractivity contribution in [1.82, 2.24) is 5.32 Å². The summed E-state index contributed by atoms with van der Waals surface area (Å²) in [5, 5.41) is 10.00. The highest BCUT2D eigenvalue weighted by Gasteiger charge is 2.20. The number of nitrogens with zero attached hydrogens (tertiary/aromatic N) is 6.